The number of fused-ring (bicyclic) bond motifs is 1. The lowest BCUT2D eigenvalue weighted by atomic mass is 10.2. The van der Waals surface area contributed by atoms with E-state index in [1.807, 2.05) is 13.8 Å². The third-order valence-electron chi connectivity index (χ3n) is 6.65. The van der Waals surface area contributed by atoms with Crippen molar-refractivity contribution in [1.29, 1.82) is 0 Å². The molecule has 5 rings (SSSR count). The summed E-state index contributed by atoms with van der Waals surface area (Å²) in [5.41, 5.74) is 0.0440. The largest absolute Gasteiger partial charge is 0.353 e. The van der Waals surface area contributed by atoms with Crippen LogP contribution in [-0.4, -0.2) is 48.2 Å². The van der Waals surface area contributed by atoms with Gasteiger partial charge in [0.15, 0.2) is 17.5 Å². The molecule has 1 atom stereocenters. The summed E-state index contributed by atoms with van der Waals surface area (Å²) in [7, 11) is 0. The number of hydrogen-bond acceptors (Lipinski definition) is 7. The number of hydrogen-bond donors (Lipinski definition) is 0. The van der Waals surface area contributed by atoms with Crippen LogP contribution in [0, 0.1) is 5.95 Å². The molecular formula is C27H30ClFN6O4. The molecule has 39 heavy (non-hydrogen) atoms. The molecule has 12 heteroatoms. The normalized spacial score (nSPS) is 15.9. The molecule has 0 amide bonds. The fourth-order valence-electron chi connectivity index (χ4n) is 4.77. The fourth-order valence-corrected chi connectivity index (χ4v) is 4.88. The van der Waals surface area contributed by atoms with Gasteiger partial charge >= 0.3 is 5.69 Å². The third kappa shape index (κ3) is 5.66. The van der Waals surface area contributed by atoms with Crippen LogP contribution >= 0.6 is 11.6 Å². The molecule has 0 radical (unpaired) electrons. The van der Waals surface area contributed by atoms with Crippen molar-refractivity contribution in [2.24, 2.45) is 0 Å². The van der Waals surface area contributed by atoms with Gasteiger partial charge in [-0.2, -0.15) is 4.39 Å². The Labute approximate surface area is 229 Å². The van der Waals surface area contributed by atoms with E-state index in [1.54, 1.807) is 22.8 Å². The van der Waals surface area contributed by atoms with Crippen LogP contribution < -0.4 is 11.2 Å². The first-order valence-electron chi connectivity index (χ1n) is 13.0. The summed E-state index contributed by atoms with van der Waals surface area (Å²) in [6, 6.07) is 6.22. The summed E-state index contributed by atoms with van der Waals surface area (Å²) in [6.45, 7) is 4.94. The predicted molar refractivity (Wildman–Crippen MR) is 144 cm³/mol. The molecule has 0 aromatic carbocycles. The van der Waals surface area contributed by atoms with Crippen LogP contribution in [0.5, 0.6) is 0 Å². The van der Waals surface area contributed by atoms with E-state index < -0.39 is 17.2 Å². The smallest absolute Gasteiger partial charge is 0.332 e. The minimum absolute atomic E-state index is 0.102. The molecule has 4 aromatic rings. The Morgan fingerprint density at radius 3 is 2.72 bits per heavy atom. The van der Waals surface area contributed by atoms with Crippen LogP contribution in [0.4, 0.5) is 4.39 Å². The highest BCUT2D eigenvalue weighted by Gasteiger charge is 2.25. The van der Waals surface area contributed by atoms with Gasteiger partial charge in [-0.25, -0.2) is 14.8 Å². The van der Waals surface area contributed by atoms with Crippen LogP contribution in [0.25, 0.3) is 22.6 Å². The van der Waals surface area contributed by atoms with Gasteiger partial charge in [0.2, 0.25) is 5.95 Å². The van der Waals surface area contributed by atoms with Crippen LogP contribution in [0.1, 0.15) is 51.3 Å². The molecule has 1 unspecified atom stereocenters. The van der Waals surface area contributed by atoms with Crippen molar-refractivity contribution in [2.75, 3.05) is 13.2 Å². The van der Waals surface area contributed by atoms with E-state index >= 15 is 0 Å². The number of rotatable bonds is 9. The maximum Gasteiger partial charge on any atom is 0.332 e. The van der Waals surface area contributed by atoms with E-state index in [0.29, 0.717) is 30.4 Å². The second kappa shape index (κ2) is 11.8. The molecule has 206 valence electrons. The van der Waals surface area contributed by atoms with Gasteiger partial charge in [-0.3, -0.25) is 18.9 Å². The molecule has 0 bridgehead atoms. The minimum Gasteiger partial charge on any atom is -0.353 e. The lowest BCUT2D eigenvalue weighted by Gasteiger charge is -2.22. The molecule has 1 saturated heterocycles. The van der Waals surface area contributed by atoms with Gasteiger partial charge in [0.1, 0.15) is 5.82 Å². The van der Waals surface area contributed by atoms with Crippen molar-refractivity contribution in [3.05, 3.63) is 74.2 Å². The van der Waals surface area contributed by atoms with Crippen molar-refractivity contribution < 1.29 is 13.9 Å². The zero-order valence-electron chi connectivity index (χ0n) is 21.8. The average molecular weight is 557 g/mol. The quantitative estimate of drug-likeness (QED) is 0.225. The first-order valence-corrected chi connectivity index (χ1v) is 13.4. The Morgan fingerprint density at radius 2 is 2.03 bits per heavy atom. The summed E-state index contributed by atoms with van der Waals surface area (Å²) >= 11 is 6.02. The Morgan fingerprint density at radius 1 is 1.18 bits per heavy atom. The van der Waals surface area contributed by atoms with E-state index in [2.05, 4.69) is 15.0 Å². The third-order valence-corrected chi connectivity index (χ3v) is 6.88. The summed E-state index contributed by atoms with van der Waals surface area (Å²) in [5.74, 6) is -0.562. The molecule has 0 N–H and O–H groups in total. The molecule has 1 fully saturated rings. The molecule has 4 aromatic heterocycles. The first-order chi connectivity index (χ1) is 18.8. The summed E-state index contributed by atoms with van der Waals surface area (Å²) in [6.07, 6.45) is 5.92. The van der Waals surface area contributed by atoms with E-state index in [1.165, 1.54) is 27.6 Å². The second-order valence-electron chi connectivity index (χ2n) is 9.73. The zero-order valence-corrected chi connectivity index (χ0v) is 22.6. The van der Waals surface area contributed by atoms with Crippen LogP contribution in [0.2, 0.25) is 5.02 Å². The van der Waals surface area contributed by atoms with E-state index in [0.717, 1.165) is 19.3 Å². The number of nitrogens with zero attached hydrogens (tertiary/aromatic N) is 6. The van der Waals surface area contributed by atoms with Gasteiger partial charge in [-0.1, -0.05) is 11.6 Å². The van der Waals surface area contributed by atoms with Gasteiger partial charge in [0.25, 0.3) is 5.56 Å². The Bertz CT molecular complexity index is 1570. The second-order valence-corrected chi connectivity index (χ2v) is 10.2. The molecule has 5 heterocycles. The predicted octanol–water partition coefficient (Wildman–Crippen LogP) is 4.17. The highest BCUT2D eigenvalue weighted by atomic mass is 35.5. The van der Waals surface area contributed by atoms with Crippen molar-refractivity contribution >= 4 is 22.8 Å². The number of pyridine rings is 2. The maximum absolute atomic E-state index is 14.9. The Balaban J connectivity index is 1.61. The van der Waals surface area contributed by atoms with Crippen molar-refractivity contribution in [3.8, 4) is 11.4 Å². The van der Waals surface area contributed by atoms with Gasteiger partial charge < -0.3 is 14.0 Å². The number of imidazole rings is 1. The van der Waals surface area contributed by atoms with Crippen LogP contribution in [0.3, 0.4) is 0 Å². The topological polar surface area (TPSA) is 106 Å². The molecular weight excluding hydrogens is 527 g/mol. The Hall–Kier alpha value is -3.41. The van der Waals surface area contributed by atoms with Gasteiger partial charge in [0, 0.05) is 31.6 Å². The van der Waals surface area contributed by atoms with Gasteiger partial charge in [-0.15, -0.1) is 0 Å². The van der Waals surface area contributed by atoms with Crippen molar-refractivity contribution in [1.82, 2.24) is 28.7 Å². The van der Waals surface area contributed by atoms with Crippen molar-refractivity contribution in [2.45, 2.75) is 65.0 Å². The van der Waals surface area contributed by atoms with Gasteiger partial charge in [-0.05, 0) is 63.8 Å². The highest BCUT2D eigenvalue weighted by molar-refractivity contribution is 6.30. The Kier molecular flexibility index (Phi) is 8.20. The minimum atomic E-state index is -0.737. The summed E-state index contributed by atoms with van der Waals surface area (Å²) < 4.78 is 30.5. The zero-order chi connectivity index (χ0) is 27.5. The number of halogens is 2. The molecule has 0 saturated carbocycles. The van der Waals surface area contributed by atoms with Crippen molar-refractivity contribution in [3.63, 3.8) is 0 Å². The summed E-state index contributed by atoms with van der Waals surface area (Å²) in [5, 5.41) is 0.463. The average Bonchev–Trinajstić information content (AvgIpc) is 3.28. The van der Waals surface area contributed by atoms with E-state index in [9.17, 15) is 14.0 Å². The SMILES string of the molecule is CC(C)n1c(=O)n(CCCOC2CCCCO2)c(=O)c2c1nc(-c1cccnc1F)n2Cc1ccc(Cl)cn1. The lowest BCUT2D eigenvalue weighted by molar-refractivity contribution is -0.163. The summed E-state index contributed by atoms with van der Waals surface area (Å²) in [4.78, 5) is 40.2. The van der Waals surface area contributed by atoms with Gasteiger partial charge in [0.05, 0.1) is 29.4 Å². The number of aromatic nitrogens is 6. The van der Waals surface area contributed by atoms with Crippen LogP contribution in [-0.2, 0) is 22.6 Å². The molecule has 0 spiro atoms. The van der Waals surface area contributed by atoms with E-state index in [4.69, 9.17) is 21.1 Å². The first kappa shape index (κ1) is 27.2. The highest BCUT2D eigenvalue weighted by Crippen LogP contribution is 2.26. The van der Waals surface area contributed by atoms with E-state index in [-0.39, 0.29) is 48.0 Å². The molecule has 0 aliphatic carbocycles. The lowest BCUT2D eigenvalue weighted by Crippen LogP contribution is -2.41. The molecule has 1 aliphatic rings. The molecule has 10 nitrogen and oxygen atoms in total. The fraction of sp³-hybridized carbons (Fsp3) is 0.444. The number of ether oxygens (including phenoxy) is 2. The maximum atomic E-state index is 14.9. The standard InChI is InChI=1S/C27H30ClFN6O4/c1-17(2)35-25-22(26(36)33(27(35)37)12-6-14-39-21-8-3-4-13-38-21)34(16-19-10-9-18(28)15-31-19)24(32-25)20-7-5-11-30-23(20)29/h5,7,9-11,15,17,21H,3-4,6,8,12-14,16H2,1-2H3. The van der Waals surface area contributed by atoms with Crippen LogP contribution in [0.15, 0.2) is 46.2 Å². The monoisotopic (exact) mass is 556 g/mol. The molecule has 1 aliphatic heterocycles.